The van der Waals surface area contributed by atoms with E-state index < -0.39 is 10.0 Å². The highest BCUT2D eigenvalue weighted by Gasteiger charge is 2.20. The SMILES string of the molecule is CCOc1ccc(OCC)c(S(=O)(=O)NCCNC(=O)c2ccc(NC(=O)C(C)C)cc2)c1. The molecule has 9 nitrogen and oxygen atoms in total. The average Bonchev–Trinajstić information content (AvgIpc) is 2.78. The van der Waals surface area contributed by atoms with Crippen molar-refractivity contribution < 1.29 is 27.5 Å². The summed E-state index contributed by atoms with van der Waals surface area (Å²) in [4.78, 5) is 24.0. The van der Waals surface area contributed by atoms with Gasteiger partial charge in [0.25, 0.3) is 5.91 Å². The van der Waals surface area contributed by atoms with Gasteiger partial charge in [-0.3, -0.25) is 9.59 Å². The van der Waals surface area contributed by atoms with Crippen LogP contribution in [0.4, 0.5) is 5.69 Å². The highest BCUT2D eigenvalue weighted by molar-refractivity contribution is 7.89. The van der Waals surface area contributed by atoms with E-state index in [-0.39, 0.29) is 41.5 Å². The first-order chi connectivity index (χ1) is 15.7. The minimum atomic E-state index is -3.89. The zero-order valence-electron chi connectivity index (χ0n) is 19.3. The van der Waals surface area contributed by atoms with Crippen molar-refractivity contribution in [1.82, 2.24) is 10.0 Å². The molecule has 0 spiro atoms. The van der Waals surface area contributed by atoms with E-state index >= 15 is 0 Å². The van der Waals surface area contributed by atoms with E-state index in [1.807, 2.05) is 0 Å². The molecule has 0 saturated carbocycles. The average molecular weight is 478 g/mol. The van der Waals surface area contributed by atoms with Crippen LogP contribution in [0.15, 0.2) is 47.4 Å². The number of hydrogen-bond acceptors (Lipinski definition) is 6. The van der Waals surface area contributed by atoms with Crippen molar-refractivity contribution in [3.63, 3.8) is 0 Å². The van der Waals surface area contributed by atoms with E-state index in [0.29, 0.717) is 30.2 Å². The lowest BCUT2D eigenvalue weighted by Crippen LogP contribution is -2.34. The summed E-state index contributed by atoms with van der Waals surface area (Å²) in [6.07, 6.45) is 0. The van der Waals surface area contributed by atoms with Crippen molar-refractivity contribution in [3.05, 3.63) is 48.0 Å². The van der Waals surface area contributed by atoms with Gasteiger partial charge in [-0.2, -0.15) is 0 Å². The van der Waals surface area contributed by atoms with E-state index in [1.165, 1.54) is 6.07 Å². The summed E-state index contributed by atoms with van der Waals surface area (Å²) in [6, 6.07) is 11.1. The molecule has 2 aromatic carbocycles. The summed E-state index contributed by atoms with van der Waals surface area (Å²) in [7, 11) is -3.89. The van der Waals surface area contributed by atoms with Crippen molar-refractivity contribution in [3.8, 4) is 11.5 Å². The number of anilines is 1. The molecule has 0 atom stereocenters. The largest absolute Gasteiger partial charge is 0.494 e. The van der Waals surface area contributed by atoms with E-state index in [4.69, 9.17) is 9.47 Å². The maximum Gasteiger partial charge on any atom is 0.251 e. The minimum absolute atomic E-state index is 0.0129. The number of carbonyl (C=O) groups is 2. The normalized spacial score (nSPS) is 11.2. The Morgan fingerprint density at radius 3 is 2.21 bits per heavy atom. The van der Waals surface area contributed by atoms with E-state index in [2.05, 4.69) is 15.4 Å². The molecule has 0 bridgehead atoms. The van der Waals surface area contributed by atoms with Crippen LogP contribution in [0.2, 0.25) is 0 Å². The molecule has 0 unspecified atom stereocenters. The Bertz CT molecular complexity index is 1050. The molecule has 0 aliphatic rings. The van der Waals surface area contributed by atoms with Gasteiger partial charge >= 0.3 is 0 Å². The van der Waals surface area contributed by atoms with Crippen molar-refractivity contribution in [1.29, 1.82) is 0 Å². The number of benzene rings is 2. The maximum absolute atomic E-state index is 12.8. The third kappa shape index (κ3) is 7.76. The van der Waals surface area contributed by atoms with Gasteiger partial charge in [0.15, 0.2) is 0 Å². The van der Waals surface area contributed by atoms with Crippen LogP contribution in [0.25, 0.3) is 0 Å². The zero-order chi connectivity index (χ0) is 24.4. The molecule has 0 fully saturated rings. The molecular weight excluding hydrogens is 446 g/mol. The summed E-state index contributed by atoms with van der Waals surface area (Å²) >= 11 is 0. The Morgan fingerprint density at radius 1 is 0.939 bits per heavy atom. The van der Waals surface area contributed by atoms with Gasteiger partial charge in [-0.1, -0.05) is 13.8 Å². The van der Waals surface area contributed by atoms with Gasteiger partial charge in [0.2, 0.25) is 15.9 Å². The van der Waals surface area contributed by atoms with Crippen LogP contribution in [0.5, 0.6) is 11.5 Å². The molecule has 180 valence electrons. The topological polar surface area (TPSA) is 123 Å². The van der Waals surface area contributed by atoms with Gasteiger partial charge in [0.1, 0.15) is 16.4 Å². The molecule has 2 aromatic rings. The molecule has 0 radical (unpaired) electrons. The fourth-order valence-electron chi connectivity index (χ4n) is 2.76. The van der Waals surface area contributed by atoms with Crippen molar-refractivity contribution in [2.24, 2.45) is 5.92 Å². The monoisotopic (exact) mass is 477 g/mol. The molecule has 0 aromatic heterocycles. The third-order valence-electron chi connectivity index (χ3n) is 4.46. The van der Waals surface area contributed by atoms with Crippen LogP contribution in [-0.4, -0.2) is 46.5 Å². The molecule has 33 heavy (non-hydrogen) atoms. The van der Waals surface area contributed by atoms with Crippen molar-refractivity contribution in [2.75, 3.05) is 31.6 Å². The van der Waals surface area contributed by atoms with Crippen LogP contribution < -0.4 is 24.8 Å². The minimum Gasteiger partial charge on any atom is -0.494 e. The number of carbonyl (C=O) groups excluding carboxylic acids is 2. The summed E-state index contributed by atoms with van der Waals surface area (Å²) < 4.78 is 38.9. The van der Waals surface area contributed by atoms with Crippen LogP contribution in [0.1, 0.15) is 38.1 Å². The quantitative estimate of drug-likeness (QED) is 0.404. The number of ether oxygens (including phenoxy) is 2. The maximum atomic E-state index is 12.8. The molecule has 10 heteroatoms. The predicted octanol–water partition coefficient (Wildman–Crippen LogP) is 2.79. The first-order valence-electron chi connectivity index (χ1n) is 10.8. The molecule has 0 saturated heterocycles. The second kappa shape index (κ2) is 12.2. The molecule has 2 rings (SSSR count). The lowest BCUT2D eigenvalue weighted by molar-refractivity contribution is -0.118. The first-order valence-corrected chi connectivity index (χ1v) is 12.2. The van der Waals surface area contributed by atoms with Gasteiger partial charge in [-0.25, -0.2) is 13.1 Å². The van der Waals surface area contributed by atoms with Crippen LogP contribution in [-0.2, 0) is 14.8 Å². The van der Waals surface area contributed by atoms with Crippen LogP contribution >= 0.6 is 0 Å². The number of nitrogens with one attached hydrogen (secondary N) is 3. The van der Waals surface area contributed by atoms with Gasteiger partial charge in [0, 0.05) is 36.3 Å². The highest BCUT2D eigenvalue weighted by atomic mass is 32.2. The van der Waals surface area contributed by atoms with E-state index in [9.17, 15) is 18.0 Å². The van der Waals surface area contributed by atoms with Crippen LogP contribution in [0, 0.1) is 5.92 Å². The van der Waals surface area contributed by atoms with E-state index in [1.54, 1.807) is 64.1 Å². The Morgan fingerprint density at radius 2 is 1.61 bits per heavy atom. The Labute approximate surface area is 194 Å². The Balaban J connectivity index is 1.94. The summed E-state index contributed by atoms with van der Waals surface area (Å²) in [5.74, 6) is 0.0240. The number of hydrogen-bond donors (Lipinski definition) is 3. The first kappa shape index (κ1) is 26.1. The molecular formula is C23H31N3O6S. The standard InChI is InChI=1S/C23H31N3O6S/c1-5-31-19-11-12-20(32-6-2)21(15-19)33(29,30)25-14-13-24-23(28)17-7-9-18(10-8-17)26-22(27)16(3)4/h7-12,15-16,25H,5-6,13-14H2,1-4H3,(H,24,28)(H,26,27). The molecule has 3 N–H and O–H groups in total. The summed E-state index contributed by atoms with van der Waals surface area (Å²) in [5, 5.41) is 5.41. The molecule has 2 amide bonds. The number of sulfonamides is 1. The lowest BCUT2D eigenvalue weighted by atomic mass is 10.1. The van der Waals surface area contributed by atoms with Gasteiger partial charge < -0.3 is 20.1 Å². The summed E-state index contributed by atoms with van der Waals surface area (Å²) in [5.41, 5.74) is 0.987. The highest BCUT2D eigenvalue weighted by Crippen LogP contribution is 2.28. The van der Waals surface area contributed by atoms with Gasteiger partial charge in [0.05, 0.1) is 13.2 Å². The van der Waals surface area contributed by atoms with E-state index in [0.717, 1.165) is 0 Å². The smallest absolute Gasteiger partial charge is 0.251 e. The van der Waals surface area contributed by atoms with Crippen LogP contribution in [0.3, 0.4) is 0 Å². The zero-order valence-corrected chi connectivity index (χ0v) is 20.1. The Hall–Kier alpha value is -3.11. The Kier molecular flexibility index (Phi) is 9.68. The number of amides is 2. The van der Waals surface area contributed by atoms with Crippen molar-refractivity contribution in [2.45, 2.75) is 32.6 Å². The fraction of sp³-hybridized carbons (Fsp3) is 0.391. The fourth-order valence-corrected chi connectivity index (χ4v) is 3.95. The number of rotatable bonds is 12. The lowest BCUT2D eigenvalue weighted by Gasteiger charge is -2.14. The third-order valence-corrected chi connectivity index (χ3v) is 5.94. The second-order valence-corrected chi connectivity index (χ2v) is 9.08. The molecule has 0 aliphatic heterocycles. The second-order valence-electron chi connectivity index (χ2n) is 7.35. The predicted molar refractivity (Wildman–Crippen MR) is 126 cm³/mol. The molecule has 0 aliphatic carbocycles. The van der Waals surface area contributed by atoms with Gasteiger partial charge in [-0.05, 0) is 50.2 Å². The molecule has 0 heterocycles. The van der Waals surface area contributed by atoms with Crippen molar-refractivity contribution >= 4 is 27.5 Å². The summed E-state index contributed by atoms with van der Waals surface area (Å²) in [6.45, 7) is 7.93. The van der Waals surface area contributed by atoms with Gasteiger partial charge in [-0.15, -0.1) is 0 Å².